The highest BCUT2D eigenvalue weighted by molar-refractivity contribution is 6.35. The topological polar surface area (TPSA) is 21.3 Å². The number of ether oxygens (including phenoxy) is 1. The van der Waals surface area contributed by atoms with Crippen molar-refractivity contribution in [3.63, 3.8) is 0 Å². The summed E-state index contributed by atoms with van der Waals surface area (Å²) in [6.07, 6.45) is 2.17. The molecule has 3 rings (SSSR count). The highest BCUT2D eigenvalue weighted by Gasteiger charge is 2.23. The Kier molecular flexibility index (Phi) is 4.39. The van der Waals surface area contributed by atoms with Gasteiger partial charge in [0.1, 0.15) is 12.4 Å². The first kappa shape index (κ1) is 14.7. The van der Waals surface area contributed by atoms with Gasteiger partial charge in [0.05, 0.1) is 0 Å². The molecule has 0 bridgehead atoms. The standard InChI is InChI=1S/C17H17Cl2NO/c1-20-16-8-7-14-13(16)3-2-4-17(14)21-10-11-5-6-12(18)9-15(11)19/h2-6,9,16,20H,7-8,10H2,1H3. The van der Waals surface area contributed by atoms with E-state index in [4.69, 9.17) is 27.9 Å². The lowest BCUT2D eigenvalue weighted by Gasteiger charge is -2.13. The first-order valence-corrected chi connectivity index (χ1v) is 7.80. The van der Waals surface area contributed by atoms with Crippen LogP contribution in [0.3, 0.4) is 0 Å². The maximum atomic E-state index is 6.18. The van der Waals surface area contributed by atoms with Crippen LogP contribution in [-0.2, 0) is 13.0 Å². The predicted molar refractivity (Wildman–Crippen MR) is 87.4 cm³/mol. The van der Waals surface area contributed by atoms with Gasteiger partial charge in [-0.05, 0) is 49.2 Å². The Morgan fingerprint density at radius 1 is 1.24 bits per heavy atom. The van der Waals surface area contributed by atoms with Gasteiger partial charge in [0.25, 0.3) is 0 Å². The molecule has 0 radical (unpaired) electrons. The molecule has 2 nitrogen and oxygen atoms in total. The van der Waals surface area contributed by atoms with Gasteiger partial charge in [-0.2, -0.15) is 0 Å². The highest BCUT2D eigenvalue weighted by Crippen LogP contribution is 2.37. The molecule has 0 fully saturated rings. The lowest BCUT2D eigenvalue weighted by Crippen LogP contribution is -2.12. The van der Waals surface area contributed by atoms with E-state index in [0.29, 0.717) is 22.7 Å². The number of benzene rings is 2. The molecule has 110 valence electrons. The molecule has 4 heteroatoms. The van der Waals surface area contributed by atoms with Gasteiger partial charge in [0, 0.05) is 21.7 Å². The summed E-state index contributed by atoms with van der Waals surface area (Å²) in [5.74, 6) is 0.955. The molecule has 0 spiro atoms. The van der Waals surface area contributed by atoms with Gasteiger partial charge in [-0.25, -0.2) is 0 Å². The molecule has 1 unspecified atom stereocenters. The van der Waals surface area contributed by atoms with Crippen LogP contribution in [0.4, 0.5) is 0 Å². The van der Waals surface area contributed by atoms with Crippen LogP contribution >= 0.6 is 23.2 Å². The van der Waals surface area contributed by atoms with Crippen LogP contribution in [0.1, 0.15) is 29.2 Å². The fourth-order valence-corrected chi connectivity index (χ4v) is 3.31. The van der Waals surface area contributed by atoms with Crippen LogP contribution in [0.15, 0.2) is 36.4 Å². The molecule has 2 aromatic rings. The molecule has 1 N–H and O–H groups in total. The molecule has 0 heterocycles. The molecule has 1 aliphatic rings. The van der Waals surface area contributed by atoms with Gasteiger partial charge >= 0.3 is 0 Å². The van der Waals surface area contributed by atoms with E-state index in [9.17, 15) is 0 Å². The molecule has 21 heavy (non-hydrogen) atoms. The monoisotopic (exact) mass is 321 g/mol. The summed E-state index contributed by atoms with van der Waals surface area (Å²) in [6.45, 7) is 0.455. The van der Waals surface area contributed by atoms with E-state index < -0.39 is 0 Å². The number of halogens is 2. The van der Waals surface area contributed by atoms with Crippen LogP contribution in [0, 0.1) is 0 Å². The zero-order valence-corrected chi connectivity index (χ0v) is 13.3. The van der Waals surface area contributed by atoms with E-state index in [1.807, 2.05) is 31.3 Å². The van der Waals surface area contributed by atoms with Crippen LogP contribution in [-0.4, -0.2) is 7.05 Å². The lowest BCUT2D eigenvalue weighted by atomic mass is 10.1. The molecular formula is C17H17Cl2NO. The maximum Gasteiger partial charge on any atom is 0.123 e. The first-order chi connectivity index (χ1) is 10.2. The Morgan fingerprint density at radius 2 is 2.10 bits per heavy atom. The SMILES string of the molecule is CNC1CCc2c(OCc3ccc(Cl)cc3Cl)cccc21. The Labute approximate surface area is 135 Å². The number of hydrogen-bond donors (Lipinski definition) is 1. The minimum atomic E-state index is 0.433. The predicted octanol–water partition coefficient (Wildman–Crippen LogP) is 4.78. The fourth-order valence-electron chi connectivity index (χ4n) is 2.85. The van der Waals surface area contributed by atoms with E-state index in [1.54, 1.807) is 6.07 Å². The average Bonchev–Trinajstić information content (AvgIpc) is 2.90. The second kappa shape index (κ2) is 6.27. The van der Waals surface area contributed by atoms with Crippen molar-refractivity contribution in [3.8, 4) is 5.75 Å². The molecule has 0 aliphatic heterocycles. The number of nitrogens with one attached hydrogen (secondary N) is 1. The Balaban J connectivity index is 1.79. The van der Waals surface area contributed by atoms with Crippen LogP contribution in [0.5, 0.6) is 5.75 Å². The van der Waals surface area contributed by atoms with Gasteiger partial charge in [-0.15, -0.1) is 0 Å². The molecule has 0 saturated heterocycles. The average molecular weight is 322 g/mol. The maximum absolute atomic E-state index is 6.18. The van der Waals surface area contributed by atoms with Crippen molar-refractivity contribution in [2.45, 2.75) is 25.5 Å². The van der Waals surface area contributed by atoms with Crippen molar-refractivity contribution in [3.05, 3.63) is 63.1 Å². The van der Waals surface area contributed by atoms with E-state index >= 15 is 0 Å². The summed E-state index contributed by atoms with van der Waals surface area (Å²) < 4.78 is 5.99. The Bertz CT molecular complexity index is 657. The summed E-state index contributed by atoms with van der Waals surface area (Å²) in [6, 6.07) is 12.2. The van der Waals surface area contributed by atoms with Crippen LogP contribution < -0.4 is 10.1 Å². The van der Waals surface area contributed by atoms with Crippen molar-refractivity contribution in [2.75, 3.05) is 7.05 Å². The molecule has 0 aromatic heterocycles. The zero-order chi connectivity index (χ0) is 14.8. The van der Waals surface area contributed by atoms with E-state index in [2.05, 4.69) is 11.4 Å². The third-order valence-corrected chi connectivity index (χ3v) is 4.56. The molecule has 1 aliphatic carbocycles. The first-order valence-electron chi connectivity index (χ1n) is 7.05. The van der Waals surface area contributed by atoms with Crippen molar-refractivity contribution in [2.24, 2.45) is 0 Å². The summed E-state index contributed by atoms with van der Waals surface area (Å²) in [5.41, 5.74) is 3.60. The van der Waals surface area contributed by atoms with Gasteiger partial charge < -0.3 is 10.1 Å². The van der Waals surface area contributed by atoms with E-state index in [-0.39, 0.29) is 0 Å². The van der Waals surface area contributed by atoms with Crippen LogP contribution in [0.2, 0.25) is 10.0 Å². The highest BCUT2D eigenvalue weighted by atomic mass is 35.5. The Hall–Kier alpha value is -1.22. The lowest BCUT2D eigenvalue weighted by molar-refractivity contribution is 0.303. The zero-order valence-electron chi connectivity index (χ0n) is 11.8. The summed E-state index contributed by atoms with van der Waals surface area (Å²) in [7, 11) is 2.00. The minimum Gasteiger partial charge on any atom is -0.489 e. The number of rotatable bonds is 4. The third-order valence-electron chi connectivity index (χ3n) is 3.97. The van der Waals surface area contributed by atoms with Crippen molar-refractivity contribution in [1.29, 1.82) is 0 Å². The molecule has 1 atom stereocenters. The normalized spacial score (nSPS) is 16.8. The summed E-state index contributed by atoms with van der Waals surface area (Å²) in [5, 5.41) is 4.63. The van der Waals surface area contributed by atoms with Crippen molar-refractivity contribution in [1.82, 2.24) is 5.32 Å². The second-order valence-electron chi connectivity index (χ2n) is 5.23. The molecule has 0 amide bonds. The molecular weight excluding hydrogens is 305 g/mol. The number of fused-ring (bicyclic) bond motifs is 1. The fraction of sp³-hybridized carbons (Fsp3) is 0.294. The quantitative estimate of drug-likeness (QED) is 0.875. The minimum absolute atomic E-state index is 0.433. The van der Waals surface area contributed by atoms with Crippen molar-refractivity contribution >= 4 is 23.2 Å². The largest absolute Gasteiger partial charge is 0.489 e. The van der Waals surface area contributed by atoms with Crippen LogP contribution in [0.25, 0.3) is 0 Å². The van der Waals surface area contributed by atoms with Gasteiger partial charge in [-0.1, -0.05) is 41.4 Å². The number of hydrogen-bond acceptors (Lipinski definition) is 2. The molecule has 0 saturated carbocycles. The summed E-state index contributed by atoms with van der Waals surface area (Å²) >= 11 is 12.1. The van der Waals surface area contributed by atoms with Gasteiger partial charge in [0.2, 0.25) is 0 Å². The smallest absolute Gasteiger partial charge is 0.123 e. The third kappa shape index (κ3) is 3.03. The Morgan fingerprint density at radius 3 is 2.86 bits per heavy atom. The van der Waals surface area contributed by atoms with Gasteiger partial charge in [-0.3, -0.25) is 0 Å². The second-order valence-corrected chi connectivity index (χ2v) is 6.07. The van der Waals surface area contributed by atoms with E-state index in [1.165, 1.54) is 11.1 Å². The van der Waals surface area contributed by atoms with E-state index in [0.717, 1.165) is 24.2 Å². The summed E-state index contributed by atoms with van der Waals surface area (Å²) in [4.78, 5) is 0. The van der Waals surface area contributed by atoms with Crippen molar-refractivity contribution < 1.29 is 4.74 Å². The van der Waals surface area contributed by atoms with Gasteiger partial charge in [0.15, 0.2) is 0 Å². The molecule has 2 aromatic carbocycles.